The molecule has 4 heteroatoms. The second kappa shape index (κ2) is 6.14. The minimum absolute atomic E-state index is 0. The van der Waals surface area contributed by atoms with E-state index in [1.807, 2.05) is 0 Å². The maximum Gasteiger partial charge on any atom is 0.0890 e. The summed E-state index contributed by atoms with van der Waals surface area (Å²) in [6.07, 6.45) is 5.32. The summed E-state index contributed by atoms with van der Waals surface area (Å²) in [6, 6.07) is 0. The lowest BCUT2D eigenvalue weighted by Crippen LogP contribution is -2.23. The Morgan fingerprint density at radius 3 is 2.67 bits per heavy atom. The van der Waals surface area contributed by atoms with Crippen molar-refractivity contribution < 1.29 is 4.74 Å². The fourth-order valence-corrected chi connectivity index (χ4v) is 1.15. The van der Waals surface area contributed by atoms with E-state index >= 15 is 0 Å². The Kier molecular flexibility index (Phi) is 5.93. The highest BCUT2D eigenvalue weighted by Gasteiger charge is 2.06. The van der Waals surface area contributed by atoms with Crippen molar-refractivity contribution in [2.24, 2.45) is 0 Å². The molecule has 1 aliphatic heterocycles. The van der Waals surface area contributed by atoms with E-state index < -0.39 is 0 Å². The van der Waals surface area contributed by atoms with Crippen LogP contribution in [0.2, 0.25) is 0 Å². The molecule has 0 aromatic carbocycles. The average molecular weight is 193 g/mol. The van der Waals surface area contributed by atoms with E-state index in [9.17, 15) is 0 Å². The standard InChI is InChI=1S/C8H16N2O.ClH/c1-9-5-6-10(8-9)4-3-7-11-2;/h5-6H,3-4,7-8H2,1-2H3;1H. The number of hydrogen-bond donors (Lipinski definition) is 0. The van der Waals surface area contributed by atoms with Crippen molar-refractivity contribution in [3.63, 3.8) is 0 Å². The number of halogens is 1. The van der Waals surface area contributed by atoms with E-state index in [1.54, 1.807) is 7.11 Å². The SMILES string of the molecule is COCCCN1C=CN(C)C1.Cl. The minimum atomic E-state index is 0. The molecule has 1 heterocycles. The third kappa shape index (κ3) is 3.83. The van der Waals surface area contributed by atoms with Crippen LogP contribution in [0.15, 0.2) is 12.4 Å². The molecule has 0 radical (unpaired) electrons. The third-order valence-electron chi connectivity index (χ3n) is 1.73. The zero-order valence-electron chi connectivity index (χ0n) is 7.69. The van der Waals surface area contributed by atoms with Gasteiger partial charge in [-0.15, -0.1) is 12.4 Å². The van der Waals surface area contributed by atoms with Crippen molar-refractivity contribution in [1.82, 2.24) is 9.80 Å². The van der Waals surface area contributed by atoms with Crippen LogP contribution in [-0.4, -0.2) is 43.8 Å². The van der Waals surface area contributed by atoms with Crippen molar-refractivity contribution in [2.75, 3.05) is 34.0 Å². The van der Waals surface area contributed by atoms with Crippen molar-refractivity contribution in [3.05, 3.63) is 12.4 Å². The summed E-state index contributed by atoms with van der Waals surface area (Å²) < 4.78 is 4.96. The number of ether oxygens (including phenoxy) is 1. The molecule has 12 heavy (non-hydrogen) atoms. The van der Waals surface area contributed by atoms with Crippen LogP contribution >= 0.6 is 12.4 Å². The van der Waals surface area contributed by atoms with Crippen LogP contribution in [-0.2, 0) is 4.74 Å². The molecule has 0 saturated heterocycles. The number of rotatable bonds is 4. The highest BCUT2D eigenvalue weighted by Crippen LogP contribution is 2.03. The Hall–Kier alpha value is -0.410. The van der Waals surface area contributed by atoms with Crippen molar-refractivity contribution in [2.45, 2.75) is 6.42 Å². The first-order chi connectivity index (χ1) is 5.33. The molecule has 0 unspecified atom stereocenters. The van der Waals surface area contributed by atoms with Crippen molar-refractivity contribution >= 4 is 12.4 Å². The van der Waals surface area contributed by atoms with Gasteiger partial charge < -0.3 is 14.5 Å². The first kappa shape index (κ1) is 11.6. The lowest BCUT2D eigenvalue weighted by Gasteiger charge is -2.17. The Balaban J connectivity index is 0.00000121. The van der Waals surface area contributed by atoms with Crippen LogP contribution in [0.4, 0.5) is 0 Å². The van der Waals surface area contributed by atoms with Gasteiger partial charge in [0, 0.05) is 39.7 Å². The molecule has 1 aliphatic rings. The van der Waals surface area contributed by atoms with Gasteiger partial charge in [0.1, 0.15) is 0 Å². The summed E-state index contributed by atoms with van der Waals surface area (Å²) in [4.78, 5) is 4.44. The number of nitrogens with zero attached hydrogens (tertiary/aromatic N) is 2. The Morgan fingerprint density at radius 1 is 1.42 bits per heavy atom. The highest BCUT2D eigenvalue weighted by molar-refractivity contribution is 5.85. The molecular formula is C8H17ClN2O. The van der Waals surface area contributed by atoms with Gasteiger partial charge in [-0.1, -0.05) is 0 Å². The van der Waals surface area contributed by atoms with Crippen LogP contribution in [0.1, 0.15) is 6.42 Å². The highest BCUT2D eigenvalue weighted by atomic mass is 35.5. The van der Waals surface area contributed by atoms with E-state index in [0.29, 0.717) is 0 Å². The van der Waals surface area contributed by atoms with Crippen LogP contribution in [0.25, 0.3) is 0 Å². The van der Waals surface area contributed by atoms with Gasteiger partial charge in [-0.3, -0.25) is 0 Å². The summed E-state index contributed by atoms with van der Waals surface area (Å²) in [7, 11) is 3.82. The van der Waals surface area contributed by atoms with Gasteiger partial charge >= 0.3 is 0 Å². The molecule has 3 nitrogen and oxygen atoms in total. The molecule has 0 saturated carbocycles. The Morgan fingerprint density at radius 2 is 2.17 bits per heavy atom. The van der Waals surface area contributed by atoms with Gasteiger partial charge in [-0.05, 0) is 6.42 Å². The maximum atomic E-state index is 4.96. The van der Waals surface area contributed by atoms with E-state index in [0.717, 1.165) is 26.2 Å². The fourth-order valence-electron chi connectivity index (χ4n) is 1.15. The van der Waals surface area contributed by atoms with Crippen molar-refractivity contribution in [1.29, 1.82) is 0 Å². The van der Waals surface area contributed by atoms with Gasteiger partial charge in [0.2, 0.25) is 0 Å². The summed E-state index contributed by atoms with van der Waals surface area (Å²) in [5.74, 6) is 0. The topological polar surface area (TPSA) is 15.7 Å². The van der Waals surface area contributed by atoms with E-state index in [4.69, 9.17) is 4.74 Å². The molecule has 0 spiro atoms. The predicted octanol–water partition coefficient (Wildman–Crippen LogP) is 1.12. The van der Waals surface area contributed by atoms with Crippen LogP contribution in [0, 0.1) is 0 Å². The molecule has 0 atom stereocenters. The lowest BCUT2D eigenvalue weighted by molar-refractivity contribution is 0.179. The van der Waals surface area contributed by atoms with Crippen LogP contribution in [0.3, 0.4) is 0 Å². The summed E-state index contributed by atoms with van der Waals surface area (Å²) in [5.41, 5.74) is 0. The maximum absolute atomic E-state index is 4.96. The van der Waals surface area contributed by atoms with E-state index in [-0.39, 0.29) is 12.4 Å². The summed E-state index contributed by atoms with van der Waals surface area (Å²) in [5, 5.41) is 0. The normalized spacial score (nSPS) is 15.2. The predicted molar refractivity (Wildman–Crippen MR) is 52.2 cm³/mol. The third-order valence-corrected chi connectivity index (χ3v) is 1.73. The summed E-state index contributed by atoms with van der Waals surface area (Å²) >= 11 is 0. The number of methoxy groups -OCH3 is 1. The zero-order chi connectivity index (χ0) is 8.10. The van der Waals surface area contributed by atoms with Crippen LogP contribution in [0.5, 0.6) is 0 Å². The molecule has 0 fully saturated rings. The smallest absolute Gasteiger partial charge is 0.0890 e. The molecule has 0 amide bonds. The minimum Gasteiger partial charge on any atom is -0.385 e. The Bertz CT molecular complexity index is 141. The van der Waals surface area contributed by atoms with Crippen LogP contribution < -0.4 is 0 Å². The second-order valence-corrected chi connectivity index (χ2v) is 2.86. The largest absolute Gasteiger partial charge is 0.385 e. The van der Waals surface area contributed by atoms with E-state index in [2.05, 4.69) is 29.2 Å². The zero-order valence-corrected chi connectivity index (χ0v) is 8.51. The van der Waals surface area contributed by atoms with Gasteiger partial charge in [-0.25, -0.2) is 0 Å². The van der Waals surface area contributed by atoms with Crippen molar-refractivity contribution in [3.8, 4) is 0 Å². The molecular weight excluding hydrogens is 176 g/mol. The molecule has 0 aliphatic carbocycles. The monoisotopic (exact) mass is 192 g/mol. The summed E-state index contributed by atoms with van der Waals surface area (Å²) in [6.45, 7) is 2.96. The Labute approximate surface area is 80.4 Å². The lowest BCUT2D eigenvalue weighted by atomic mass is 10.4. The quantitative estimate of drug-likeness (QED) is 0.621. The number of hydrogen-bond acceptors (Lipinski definition) is 3. The molecule has 0 aromatic heterocycles. The molecule has 1 rings (SSSR count). The first-order valence-electron chi connectivity index (χ1n) is 3.94. The first-order valence-corrected chi connectivity index (χ1v) is 3.94. The second-order valence-electron chi connectivity index (χ2n) is 2.86. The molecule has 72 valence electrons. The van der Waals surface area contributed by atoms with E-state index in [1.165, 1.54) is 0 Å². The van der Waals surface area contributed by atoms with Gasteiger partial charge in [0.15, 0.2) is 0 Å². The molecule has 0 aromatic rings. The van der Waals surface area contributed by atoms with Gasteiger partial charge in [0.05, 0.1) is 6.67 Å². The average Bonchev–Trinajstić information content (AvgIpc) is 2.37. The fraction of sp³-hybridized carbons (Fsp3) is 0.750. The molecule has 0 bridgehead atoms. The molecule has 0 N–H and O–H groups in total. The van der Waals surface area contributed by atoms with Gasteiger partial charge in [-0.2, -0.15) is 0 Å². The van der Waals surface area contributed by atoms with Gasteiger partial charge in [0.25, 0.3) is 0 Å².